The summed E-state index contributed by atoms with van der Waals surface area (Å²) in [6.07, 6.45) is 1.31. The van der Waals surface area contributed by atoms with Crippen LogP contribution in [0, 0.1) is 0 Å². The van der Waals surface area contributed by atoms with Gasteiger partial charge in [-0.15, -0.1) is 0 Å². The molecule has 7 nitrogen and oxygen atoms in total. The van der Waals surface area contributed by atoms with Crippen LogP contribution in [0.4, 0.5) is 5.69 Å². The number of pyridine rings is 1. The normalized spacial score (nSPS) is 11.7. The summed E-state index contributed by atoms with van der Waals surface area (Å²) in [5, 5.41) is 0.0864. The van der Waals surface area contributed by atoms with E-state index in [4.69, 9.17) is 11.6 Å². The van der Waals surface area contributed by atoms with Crippen LogP contribution in [0.1, 0.15) is 0 Å². The largest absolute Gasteiger partial charge is 0.323 e. The van der Waals surface area contributed by atoms with E-state index < -0.39 is 10.0 Å². The van der Waals surface area contributed by atoms with Gasteiger partial charge in [0, 0.05) is 6.20 Å². The molecule has 0 saturated heterocycles. The van der Waals surface area contributed by atoms with Gasteiger partial charge in [0.05, 0.1) is 21.6 Å². The number of sulfonamides is 1. The maximum absolute atomic E-state index is 12.2. The third kappa shape index (κ3) is 2.76. The molecule has 0 atom stereocenters. The number of aromatic nitrogens is 3. The van der Waals surface area contributed by atoms with E-state index in [-0.39, 0.29) is 15.7 Å². The van der Waals surface area contributed by atoms with Crippen molar-refractivity contribution in [2.24, 2.45) is 0 Å². The zero-order valence-corrected chi connectivity index (χ0v) is 12.0. The number of hydrogen-bond acceptors (Lipinski definition) is 4. The highest BCUT2D eigenvalue weighted by molar-refractivity contribution is 7.92. The Morgan fingerprint density at radius 1 is 1.10 bits per heavy atom. The zero-order valence-electron chi connectivity index (χ0n) is 10.4. The van der Waals surface area contributed by atoms with Crippen LogP contribution in [0.2, 0.25) is 5.15 Å². The molecule has 2 aromatic heterocycles. The van der Waals surface area contributed by atoms with E-state index in [9.17, 15) is 13.2 Å². The van der Waals surface area contributed by atoms with Gasteiger partial charge in [-0.3, -0.25) is 4.72 Å². The van der Waals surface area contributed by atoms with Crippen molar-refractivity contribution in [3.05, 3.63) is 52.2 Å². The predicted molar refractivity (Wildman–Crippen MR) is 79.0 cm³/mol. The molecule has 0 amide bonds. The first-order valence-corrected chi connectivity index (χ1v) is 7.67. The Kier molecular flexibility index (Phi) is 3.19. The predicted octanol–water partition coefficient (Wildman–Crippen LogP) is 1.71. The quantitative estimate of drug-likeness (QED) is 0.637. The lowest BCUT2D eigenvalue weighted by Gasteiger charge is -2.08. The molecule has 21 heavy (non-hydrogen) atoms. The summed E-state index contributed by atoms with van der Waals surface area (Å²) < 4.78 is 26.8. The highest BCUT2D eigenvalue weighted by Crippen LogP contribution is 2.20. The van der Waals surface area contributed by atoms with E-state index in [2.05, 4.69) is 19.7 Å². The van der Waals surface area contributed by atoms with Crippen LogP contribution in [0.15, 0.2) is 46.2 Å². The van der Waals surface area contributed by atoms with Gasteiger partial charge in [0.15, 0.2) is 0 Å². The van der Waals surface area contributed by atoms with Crippen molar-refractivity contribution in [1.29, 1.82) is 0 Å². The maximum atomic E-state index is 12.2. The van der Waals surface area contributed by atoms with E-state index >= 15 is 0 Å². The lowest BCUT2D eigenvalue weighted by atomic mass is 10.3. The standard InChI is InChI=1S/C12H9ClN4O3S/c13-11-6-8(3-4-14-11)21(19,20)17-7-1-2-9-10(5-7)16-12(18)15-9/h1-6,17H,(H2,15,16,18). The number of H-pyrrole nitrogens is 2. The SMILES string of the molecule is O=c1[nH]c2ccc(NS(=O)(=O)c3ccnc(Cl)c3)cc2[nH]1. The first-order chi connectivity index (χ1) is 9.94. The molecule has 0 spiro atoms. The third-order valence-corrected chi connectivity index (χ3v) is 4.36. The Bertz CT molecular complexity index is 977. The number of halogens is 1. The molecule has 0 bridgehead atoms. The van der Waals surface area contributed by atoms with Gasteiger partial charge >= 0.3 is 5.69 Å². The summed E-state index contributed by atoms with van der Waals surface area (Å²) in [5.74, 6) is 0. The summed E-state index contributed by atoms with van der Waals surface area (Å²) in [5.41, 5.74) is 1.07. The monoisotopic (exact) mass is 324 g/mol. The van der Waals surface area contributed by atoms with Gasteiger partial charge in [-0.25, -0.2) is 18.2 Å². The summed E-state index contributed by atoms with van der Waals surface area (Å²) in [6.45, 7) is 0. The minimum absolute atomic E-state index is 0.00478. The van der Waals surface area contributed by atoms with Crippen molar-refractivity contribution in [2.45, 2.75) is 4.90 Å². The summed E-state index contributed by atoms with van der Waals surface area (Å²) >= 11 is 5.69. The zero-order chi connectivity index (χ0) is 15.0. The average molecular weight is 325 g/mol. The number of imidazole rings is 1. The van der Waals surface area contributed by atoms with Crippen LogP contribution >= 0.6 is 11.6 Å². The highest BCUT2D eigenvalue weighted by Gasteiger charge is 2.15. The maximum Gasteiger partial charge on any atom is 0.323 e. The number of nitrogens with zero attached hydrogens (tertiary/aromatic N) is 1. The lowest BCUT2D eigenvalue weighted by molar-refractivity contribution is 0.601. The summed E-state index contributed by atoms with van der Waals surface area (Å²) in [4.78, 5) is 20.0. The van der Waals surface area contributed by atoms with Crippen molar-refractivity contribution >= 4 is 38.3 Å². The fourth-order valence-corrected chi connectivity index (χ4v) is 3.16. The molecule has 9 heteroatoms. The first-order valence-electron chi connectivity index (χ1n) is 5.80. The Hall–Kier alpha value is -2.32. The molecule has 0 fully saturated rings. The number of nitrogens with one attached hydrogen (secondary N) is 3. The van der Waals surface area contributed by atoms with E-state index in [1.165, 1.54) is 24.4 Å². The van der Waals surface area contributed by atoms with Gasteiger partial charge in [-0.05, 0) is 30.3 Å². The van der Waals surface area contributed by atoms with E-state index in [0.29, 0.717) is 16.7 Å². The Morgan fingerprint density at radius 2 is 1.86 bits per heavy atom. The van der Waals surface area contributed by atoms with Gasteiger partial charge < -0.3 is 9.97 Å². The second-order valence-corrected chi connectivity index (χ2v) is 6.33. The second kappa shape index (κ2) is 4.90. The topological polar surface area (TPSA) is 108 Å². The number of fused-ring (bicyclic) bond motifs is 1. The molecular weight excluding hydrogens is 316 g/mol. The van der Waals surface area contributed by atoms with Gasteiger partial charge in [0.2, 0.25) is 0 Å². The van der Waals surface area contributed by atoms with E-state index in [1.807, 2.05) is 0 Å². The van der Waals surface area contributed by atoms with E-state index in [0.717, 1.165) is 0 Å². The van der Waals surface area contributed by atoms with Crippen molar-refractivity contribution in [3.8, 4) is 0 Å². The van der Waals surface area contributed by atoms with Crippen LogP contribution in [0.25, 0.3) is 11.0 Å². The minimum atomic E-state index is -3.77. The molecule has 0 unspecified atom stereocenters. The number of benzene rings is 1. The molecule has 0 aliphatic carbocycles. The molecule has 108 valence electrons. The van der Waals surface area contributed by atoms with E-state index in [1.54, 1.807) is 12.1 Å². The summed E-state index contributed by atoms with van der Waals surface area (Å²) in [6, 6.07) is 7.26. The van der Waals surface area contributed by atoms with Gasteiger partial charge in [0.25, 0.3) is 10.0 Å². The Morgan fingerprint density at radius 3 is 2.62 bits per heavy atom. The fourth-order valence-electron chi connectivity index (χ4n) is 1.86. The number of rotatable bonds is 3. The van der Waals surface area contributed by atoms with Crippen LogP contribution in [-0.4, -0.2) is 23.4 Å². The molecular formula is C12H9ClN4O3S. The molecule has 0 saturated carbocycles. The van der Waals surface area contributed by atoms with Crippen LogP contribution in [0.5, 0.6) is 0 Å². The van der Waals surface area contributed by atoms with Crippen molar-refractivity contribution in [2.75, 3.05) is 4.72 Å². The smallest absolute Gasteiger partial charge is 0.306 e. The van der Waals surface area contributed by atoms with Crippen molar-refractivity contribution in [3.63, 3.8) is 0 Å². The molecule has 2 heterocycles. The van der Waals surface area contributed by atoms with Crippen LogP contribution < -0.4 is 10.4 Å². The first kappa shape index (κ1) is 13.7. The second-order valence-electron chi connectivity index (χ2n) is 4.26. The highest BCUT2D eigenvalue weighted by atomic mass is 35.5. The molecule has 3 aromatic rings. The van der Waals surface area contributed by atoms with Crippen molar-refractivity contribution in [1.82, 2.24) is 15.0 Å². The molecule has 3 rings (SSSR count). The Balaban J connectivity index is 1.98. The van der Waals surface area contributed by atoms with Crippen LogP contribution in [-0.2, 0) is 10.0 Å². The third-order valence-electron chi connectivity index (χ3n) is 2.78. The number of anilines is 1. The molecule has 0 aliphatic heterocycles. The van der Waals surface area contributed by atoms with Gasteiger partial charge in [-0.2, -0.15) is 0 Å². The number of aromatic amines is 2. The summed E-state index contributed by atoms with van der Waals surface area (Å²) in [7, 11) is -3.77. The molecule has 1 aromatic carbocycles. The Labute approximate surface area is 124 Å². The van der Waals surface area contributed by atoms with Gasteiger partial charge in [0.1, 0.15) is 5.15 Å². The van der Waals surface area contributed by atoms with Crippen LogP contribution in [0.3, 0.4) is 0 Å². The minimum Gasteiger partial charge on any atom is -0.306 e. The molecule has 0 radical (unpaired) electrons. The molecule has 3 N–H and O–H groups in total. The fraction of sp³-hybridized carbons (Fsp3) is 0. The number of hydrogen-bond donors (Lipinski definition) is 3. The lowest BCUT2D eigenvalue weighted by Crippen LogP contribution is -2.13. The molecule has 0 aliphatic rings. The van der Waals surface area contributed by atoms with Crippen molar-refractivity contribution < 1.29 is 8.42 Å². The average Bonchev–Trinajstić information content (AvgIpc) is 2.77. The van der Waals surface area contributed by atoms with Gasteiger partial charge in [-0.1, -0.05) is 11.6 Å².